The van der Waals surface area contributed by atoms with Gasteiger partial charge in [0.15, 0.2) is 0 Å². The van der Waals surface area contributed by atoms with Gasteiger partial charge in [-0.3, -0.25) is 4.72 Å². The summed E-state index contributed by atoms with van der Waals surface area (Å²) in [6.45, 7) is 4.07. The standard InChI is InChI=1S/C22H30N2O3S/c1-3-4-5-6-16-28(25,26)23-19-10-12-20(13-11-19)27-22-9-7-8-18-17-24(2)15-14-21(18)22/h7-13,23H,3-6,14-17H2,1-2H3. The van der Waals surface area contributed by atoms with Gasteiger partial charge in [0.1, 0.15) is 11.5 Å². The smallest absolute Gasteiger partial charge is 0.232 e. The van der Waals surface area contributed by atoms with E-state index in [0.717, 1.165) is 44.5 Å². The van der Waals surface area contributed by atoms with Gasteiger partial charge in [-0.05, 0) is 55.8 Å². The molecule has 0 spiro atoms. The van der Waals surface area contributed by atoms with E-state index in [1.54, 1.807) is 12.1 Å². The van der Waals surface area contributed by atoms with Crippen molar-refractivity contribution in [3.8, 4) is 11.5 Å². The zero-order valence-electron chi connectivity index (χ0n) is 16.8. The number of fused-ring (bicyclic) bond motifs is 1. The fourth-order valence-electron chi connectivity index (χ4n) is 3.48. The molecule has 3 rings (SSSR count). The van der Waals surface area contributed by atoms with Crippen molar-refractivity contribution in [1.82, 2.24) is 4.90 Å². The SMILES string of the molecule is CCCCCCS(=O)(=O)Nc1ccc(Oc2cccc3c2CCN(C)C3)cc1. The molecule has 5 nitrogen and oxygen atoms in total. The van der Waals surface area contributed by atoms with E-state index in [1.165, 1.54) is 11.1 Å². The number of nitrogens with zero attached hydrogens (tertiary/aromatic N) is 1. The Morgan fingerprint density at radius 1 is 1.07 bits per heavy atom. The van der Waals surface area contributed by atoms with Crippen LogP contribution in [-0.2, 0) is 23.0 Å². The third-order valence-electron chi connectivity index (χ3n) is 5.04. The second-order valence-electron chi connectivity index (χ2n) is 7.49. The molecule has 1 heterocycles. The quantitative estimate of drug-likeness (QED) is 0.613. The summed E-state index contributed by atoms with van der Waals surface area (Å²) in [6.07, 6.45) is 4.77. The summed E-state index contributed by atoms with van der Waals surface area (Å²) in [7, 11) is -1.17. The Kier molecular flexibility index (Phi) is 6.97. The molecule has 6 heteroatoms. The largest absolute Gasteiger partial charge is 0.457 e. The minimum Gasteiger partial charge on any atom is -0.457 e. The molecule has 0 radical (unpaired) electrons. The highest BCUT2D eigenvalue weighted by Gasteiger charge is 2.17. The Morgan fingerprint density at radius 3 is 2.61 bits per heavy atom. The third kappa shape index (κ3) is 5.72. The Balaban J connectivity index is 1.62. The van der Waals surface area contributed by atoms with E-state index in [0.29, 0.717) is 17.9 Å². The van der Waals surface area contributed by atoms with Crippen molar-refractivity contribution in [3.05, 3.63) is 53.6 Å². The molecule has 152 valence electrons. The van der Waals surface area contributed by atoms with Gasteiger partial charge in [-0.1, -0.05) is 38.3 Å². The maximum atomic E-state index is 12.2. The van der Waals surface area contributed by atoms with Crippen LogP contribution in [-0.4, -0.2) is 32.7 Å². The Labute approximate surface area is 168 Å². The van der Waals surface area contributed by atoms with Crippen molar-refractivity contribution < 1.29 is 13.2 Å². The van der Waals surface area contributed by atoms with Gasteiger partial charge in [0.05, 0.1) is 5.75 Å². The monoisotopic (exact) mass is 402 g/mol. The number of rotatable bonds is 9. The lowest BCUT2D eigenvalue weighted by atomic mass is 9.99. The average Bonchev–Trinajstić information content (AvgIpc) is 2.66. The summed E-state index contributed by atoms with van der Waals surface area (Å²) in [4.78, 5) is 2.30. The molecule has 0 amide bonds. The fraction of sp³-hybridized carbons (Fsp3) is 0.455. The van der Waals surface area contributed by atoms with E-state index in [4.69, 9.17) is 4.74 Å². The van der Waals surface area contributed by atoms with Crippen molar-refractivity contribution in [2.75, 3.05) is 24.1 Å². The lowest BCUT2D eigenvalue weighted by molar-refractivity contribution is 0.309. The van der Waals surface area contributed by atoms with E-state index < -0.39 is 10.0 Å². The first-order valence-electron chi connectivity index (χ1n) is 10.0. The topological polar surface area (TPSA) is 58.6 Å². The minimum atomic E-state index is -3.30. The number of likely N-dealkylation sites (N-methyl/N-ethyl adjacent to an activating group) is 1. The maximum Gasteiger partial charge on any atom is 0.232 e. The van der Waals surface area contributed by atoms with Crippen LogP contribution in [0.25, 0.3) is 0 Å². The first kappa shape index (κ1) is 20.7. The van der Waals surface area contributed by atoms with Crippen molar-refractivity contribution in [3.63, 3.8) is 0 Å². The zero-order chi connectivity index (χ0) is 20.0. The first-order valence-corrected chi connectivity index (χ1v) is 11.7. The molecule has 0 unspecified atom stereocenters. The summed E-state index contributed by atoms with van der Waals surface area (Å²) in [6, 6.07) is 13.3. The molecule has 28 heavy (non-hydrogen) atoms. The summed E-state index contributed by atoms with van der Waals surface area (Å²) in [5, 5.41) is 0. The number of anilines is 1. The number of benzene rings is 2. The molecular weight excluding hydrogens is 372 g/mol. The van der Waals surface area contributed by atoms with Gasteiger partial charge in [-0.15, -0.1) is 0 Å². The first-order chi connectivity index (χ1) is 13.5. The summed E-state index contributed by atoms with van der Waals surface area (Å²) >= 11 is 0. The number of unbranched alkanes of at least 4 members (excludes halogenated alkanes) is 3. The molecule has 1 aliphatic rings. The summed E-state index contributed by atoms with van der Waals surface area (Å²) in [5.74, 6) is 1.75. The highest BCUT2D eigenvalue weighted by atomic mass is 32.2. The van der Waals surface area contributed by atoms with E-state index in [1.807, 2.05) is 24.3 Å². The van der Waals surface area contributed by atoms with Crippen LogP contribution >= 0.6 is 0 Å². The van der Waals surface area contributed by atoms with Crippen LogP contribution < -0.4 is 9.46 Å². The fourth-order valence-corrected chi connectivity index (χ4v) is 4.66. The Morgan fingerprint density at radius 2 is 1.86 bits per heavy atom. The van der Waals surface area contributed by atoms with Gasteiger partial charge in [0.2, 0.25) is 10.0 Å². The minimum absolute atomic E-state index is 0.163. The van der Waals surface area contributed by atoms with Crippen LogP contribution in [0, 0.1) is 0 Å². The lowest BCUT2D eigenvalue weighted by Crippen LogP contribution is -2.26. The molecule has 2 aromatic carbocycles. The number of ether oxygens (including phenoxy) is 1. The molecule has 1 aliphatic heterocycles. The van der Waals surface area contributed by atoms with Gasteiger partial charge in [-0.25, -0.2) is 8.42 Å². The number of nitrogens with one attached hydrogen (secondary N) is 1. The van der Waals surface area contributed by atoms with Gasteiger partial charge in [0.25, 0.3) is 0 Å². The Hall–Kier alpha value is -2.05. The molecule has 0 aromatic heterocycles. The molecule has 1 N–H and O–H groups in total. The van der Waals surface area contributed by atoms with E-state index >= 15 is 0 Å². The average molecular weight is 403 g/mol. The molecule has 0 bridgehead atoms. The van der Waals surface area contributed by atoms with Crippen LogP contribution in [0.2, 0.25) is 0 Å². The van der Waals surface area contributed by atoms with E-state index in [9.17, 15) is 8.42 Å². The van der Waals surface area contributed by atoms with Gasteiger partial charge in [0, 0.05) is 24.3 Å². The number of hydrogen-bond acceptors (Lipinski definition) is 4. The third-order valence-corrected chi connectivity index (χ3v) is 6.41. The highest BCUT2D eigenvalue weighted by molar-refractivity contribution is 7.92. The summed E-state index contributed by atoms with van der Waals surface area (Å²) in [5.41, 5.74) is 3.13. The van der Waals surface area contributed by atoms with Crippen LogP contribution in [0.5, 0.6) is 11.5 Å². The van der Waals surface area contributed by atoms with Gasteiger partial charge < -0.3 is 9.64 Å². The van der Waals surface area contributed by atoms with Crippen molar-refractivity contribution in [2.24, 2.45) is 0 Å². The second kappa shape index (κ2) is 9.43. The normalized spacial score (nSPS) is 14.5. The summed E-state index contributed by atoms with van der Waals surface area (Å²) < 4.78 is 33.1. The molecule has 0 atom stereocenters. The molecule has 2 aromatic rings. The zero-order valence-corrected chi connectivity index (χ0v) is 17.6. The van der Waals surface area contributed by atoms with Crippen LogP contribution in [0.15, 0.2) is 42.5 Å². The van der Waals surface area contributed by atoms with Crippen molar-refractivity contribution >= 4 is 15.7 Å². The van der Waals surface area contributed by atoms with Crippen molar-refractivity contribution in [1.29, 1.82) is 0 Å². The molecule has 0 aliphatic carbocycles. The second-order valence-corrected chi connectivity index (χ2v) is 9.33. The van der Waals surface area contributed by atoms with Crippen LogP contribution in [0.4, 0.5) is 5.69 Å². The lowest BCUT2D eigenvalue weighted by Gasteiger charge is -2.26. The molecular formula is C22H30N2O3S. The predicted octanol–water partition coefficient (Wildman–Crippen LogP) is 4.79. The molecule has 0 fully saturated rings. The Bertz CT molecular complexity index is 879. The number of sulfonamides is 1. The van der Waals surface area contributed by atoms with Gasteiger partial charge in [-0.2, -0.15) is 0 Å². The van der Waals surface area contributed by atoms with Crippen LogP contribution in [0.1, 0.15) is 43.7 Å². The molecule has 0 saturated heterocycles. The van der Waals surface area contributed by atoms with Gasteiger partial charge >= 0.3 is 0 Å². The predicted molar refractivity (Wildman–Crippen MR) is 115 cm³/mol. The van der Waals surface area contributed by atoms with Crippen molar-refractivity contribution in [2.45, 2.75) is 45.6 Å². The number of hydrogen-bond donors (Lipinski definition) is 1. The highest BCUT2D eigenvalue weighted by Crippen LogP contribution is 2.31. The van der Waals surface area contributed by atoms with E-state index in [-0.39, 0.29) is 5.75 Å². The molecule has 0 saturated carbocycles. The maximum absolute atomic E-state index is 12.2. The van der Waals surface area contributed by atoms with Crippen LogP contribution in [0.3, 0.4) is 0 Å². The van der Waals surface area contributed by atoms with E-state index in [2.05, 4.69) is 29.7 Å².